The number of pyridine rings is 1. The lowest BCUT2D eigenvalue weighted by atomic mass is 10.1. The summed E-state index contributed by atoms with van der Waals surface area (Å²) in [7, 11) is 0. The largest absolute Gasteiger partial charge is 0.289 e. The Morgan fingerprint density at radius 2 is 2.12 bits per heavy atom. The van der Waals surface area contributed by atoms with Crippen LogP contribution in [0.4, 0.5) is 0 Å². The van der Waals surface area contributed by atoms with Gasteiger partial charge in [-0.2, -0.15) is 0 Å². The van der Waals surface area contributed by atoms with Gasteiger partial charge in [0.15, 0.2) is 5.78 Å². The molecule has 0 saturated heterocycles. The molecule has 16 heavy (non-hydrogen) atoms. The van der Waals surface area contributed by atoms with Crippen molar-refractivity contribution in [1.82, 2.24) is 4.98 Å². The van der Waals surface area contributed by atoms with E-state index in [0.29, 0.717) is 11.1 Å². The van der Waals surface area contributed by atoms with Crippen LogP contribution in [0, 0.1) is 3.57 Å². The fourth-order valence-electron chi connectivity index (χ4n) is 1.33. The first-order valence-corrected chi connectivity index (χ1v) is 6.45. The van der Waals surface area contributed by atoms with E-state index in [0.717, 1.165) is 8.04 Å². The molecule has 0 unspecified atom stereocenters. The third-order valence-electron chi connectivity index (χ3n) is 2.10. The zero-order chi connectivity index (χ0) is 11.5. The summed E-state index contributed by atoms with van der Waals surface area (Å²) in [6.45, 7) is 0. The van der Waals surface area contributed by atoms with Crippen molar-refractivity contribution in [2.24, 2.45) is 0 Å². The van der Waals surface area contributed by atoms with Gasteiger partial charge in [0.25, 0.3) is 0 Å². The number of carbonyl (C=O) groups is 1. The van der Waals surface area contributed by atoms with Gasteiger partial charge in [-0.1, -0.05) is 15.9 Å². The van der Waals surface area contributed by atoms with Crippen molar-refractivity contribution < 1.29 is 4.79 Å². The minimum atomic E-state index is 0.00463. The molecule has 0 amide bonds. The lowest BCUT2D eigenvalue weighted by molar-refractivity contribution is 0.103. The summed E-state index contributed by atoms with van der Waals surface area (Å²) in [5.74, 6) is 0.00463. The van der Waals surface area contributed by atoms with Crippen LogP contribution < -0.4 is 0 Å². The van der Waals surface area contributed by atoms with Gasteiger partial charge >= 0.3 is 0 Å². The number of hydrogen-bond acceptors (Lipinski definition) is 2. The summed E-state index contributed by atoms with van der Waals surface area (Å²) >= 11 is 5.53. The fourth-order valence-corrected chi connectivity index (χ4v) is 2.88. The number of hydrogen-bond donors (Lipinski definition) is 0. The van der Waals surface area contributed by atoms with Crippen LogP contribution in [0.25, 0.3) is 0 Å². The number of ketones is 1. The van der Waals surface area contributed by atoms with E-state index >= 15 is 0 Å². The number of rotatable bonds is 2. The van der Waals surface area contributed by atoms with E-state index in [9.17, 15) is 4.79 Å². The van der Waals surface area contributed by atoms with Crippen molar-refractivity contribution >= 4 is 44.3 Å². The van der Waals surface area contributed by atoms with Crippen LogP contribution in [0.5, 0.6) is 0 Å². The molecule has 0 saturated carbocycles. The third-order valence-corrected chi connectivity index (χ3v) is 3.49. The first kappa shape index (κ1) is 11.7. The molecule has 0 aliphatic carbocycles. The highest BCUT2D eigenvalue weighted by molar-refractivity contribution is 14.1. The van der Waals surface area contributed by atoms with Gasteiger partial charge in [-0.05, 0) is 52.9 Å². The maximum Gasteiger partial charge on any atom is 0.195 e. The average molecular weight is 388 g/mol. The number of carbonyl (C=O) groups excluding carboxylic acids is 1. The molecule has 0 spiro atoms. The summed E-state index contributed by atoms with van der Waals surface area (Å²) in [5.41, 5.74) is 1.32. The molecule has 0 aliphatic heterocycles. The molecule has 1 aromatic heterocycles. The number of aromatic nitrogens is 1. The Morgan fingerprint density at radius 1 is 1.31 bits per heavy atom. The van der Waals surface area contributed by atoms with Gasteiger partial charge in [0.05, 0.1) is 0 Å². The van der Waals surface area contributed by atoms with Gasteiger partial charge < -0.3 is 0 Å². The van der Waals surface area contributed by atoms with Gasteiger partial charge in [0.2, 0.25) is 0 Å². The summed E-state index contributed by atoms with van der Waals surface area (Å²) < 4.78 is 1.90. The van der Waals surface area contributed by atoms with Crippen molar-refractivity contribution in [3.8, 4) is 0 Å². The van der Waals surface area contributed by atoms with E-state index in [1.54, 1.807) is 24.5 Å². The Bertz CT molecular complexity index is 528. The van der Waals surface area contributed by atoms with Crippen LogP contribution in [0.3, 0.4) is 0 Å². The SMILES string of the molecule is O=C(c1cccnc1)c1ccc(Br)cc1I. The standard InChI is InChI=1S/C12H7BrINO/c13-9-3-4-10(11(14)6-9)12(16)8-2-1-5-15-7-8/h1-7H. The molecule has 2 aromatic rings. The molecule has 4 heteroatoms. The highest BCUT2D eigenvalue weighted by Crippen LogP contribution is 2.20. The normalized spacial score (nSPS) is 10.1. The molecule has 0 N–H and O–H groups in total. The third kappa shape index (κ3) is 2.49. The zero-order valence-corrected chi connectivity index (χ0v) is 11.9. The molecular weight excluding hydrogens is 381 g/mol. The van der Waals surface area contributed by atoms with Crippen molar-refractivity contribution in [2.75, 3.05) is 0 Å². The molecule has 1 aromatic carbocycles. The second kappa shape index (κ2) is 5.05. The minimum Gasteiger partial charge on any atom is -0.289 e. The molecule has 2 nitrogen and oxygen atoms in total. The molecule has 80 valence electrons. The highest BCUT2D eigenvalue weighted by atomic mass is 127. The Morgan fingerprint density at radius 3 is 2.75 bits per heavy atom. The molecule has 0 fully saturated rings. The van der Waals surface area contributed by atoms with E-state index in [1.165, 1.54) is 0 Å². The van der Waals surface area contributed by atoms with E-state index in [-0.39, 0.29) is 5.78 Å². The van der Waals surface area contributed by atoms with Gasteiger partial charge in [-0.3, -0.25) is 9.78 Å². The molecule has 0 radical (unpaired) electrons. The molecule has 2 rings (SSSR count). The lowest BCUT2D eigenvalue weighted by Gasteiger charge is -2.03. The molecule has 0 aliphatic rings. The van der Waals surface area contributed by atoms with E-state index in [4.69, 9.17) is 0 Å². The number of nitrogens with zero attached hydrogens (tertiary/aromatic N) is 1. The molecule has 0 atom stereocenters. The maximum atomic E-state index is 12.1. The highest BCUT2D eigenvalue weighted by Gasteiger charge is 2.12. The lowest BCUT2D eigenvalue weighted by Crippen LogP contribution is -2.03. The van der Waals surface area contributed by atoms with E-state index in [2.05, 4.69) is 43.5 Å². The van der Waals surface area contributed by atoms with Gasteiger partial charge in [0, 0.05) is 31.6 Å². The van der Waals surface area contributed by atoms with Crippen LogP contribution in [-0.4, -0.2) is 10.8 Å². The number of halogens is 2. The van der Waals surface area contributed by atoms with Crippen molar-refractivity contribution in [1.29, 1.82) is 0 Å². The average Bonchev–Trinajstić information content (AvgIpc) is 2.29. The Kier molecular flexibility index (Phi) is 3.70. The number of benzene rings is 1. The fraction of sp³-hybridized carbons (Fsp3) is 0. The summed E-state index contributed by atoms with van der Waals surface area (Å²) in [5, 5.41) is 0. The predicted octanol–water partition coefficient (Wildman–Crippen LogP) is 3.68. The molecule has 1 heterocycles. The monoisotopic (exact) mass is 387 g/mol. The van der Waals surface area contributed by atoms with Gasteiger partial charge in [-0.25, -0.2) is 0 Å². The summed E-state index contributed by atoms with van der Waals surface area (Å²) in [6.07, 6.45) is 3.24. The minimum absolute atomic E-state index is 0.00463. The van der Waals surface area contributed by atoms with Gasteiger partial charge in [-0.15, -0.1) is 0 Å². The summed E-state index contributed by atoms with van der Waals surface area (Å²) in [6, 6.07) is 9.14. The smallest absolute Gasteiger partial charge is 0.195 e. The predicted molar refractivity (Wildman–Crippen MR) is 74.5 cm³/mol. The first-order chi connectivity index (χ1) is 7.68. The maximum absolute atomic E-state index is 12.1. The van der Waals surface area contributed by atoms with Crippen molar-refractivity contribution in [3.63, 3.8) is 0 Å². The van der Waals surface area contributed by atoms with E-state index in [1.807, 2.05) is 18.2 Å². The zero-order valence-electron chi connectivity index (χ0n) is 8.15. The second-order valence-corrected chi connectivity index (χ2v) is 5.27. The molecule has 0 bridgehead atoms. The van der Waals surface area contributed by atoms with Crippen LogP contribution in [-0.2, 0) is 0 Å². The molecular formula is C12H7BrINO. The Balaban J connectivity index is 2.42. The van der Waals surface area contributed by atoms with Crippen LogP contribution in [0.15, 0.2) is 47.2 Å². The van der Waals surface area contributed by atoms with Crippen molar-refractivity contribution in [2.45, 2.75) is 0 Å². The van der Waals surface area contributed by atoms with Crippen LogP contribution >= 0.6 is 38.5 Å². The van der Waals surface area contributed by atoms with Crippen molar-refractivity contribution in [3.05, 3.63) is 61.9 Å². The quantitative estimate of drug-likeness (QED) is 0.581. The van der Waals surface area contributed by atoms with Crippen LogP contribution in [0.2, 0.25) is 0 Å². The second-order valence-electron chi connectivity index (χ2n) is 3.19. The summed E-state index contributed by atoms with van der Waals surface area (Å²) in [4.78, 5) is 16.1. The Labute approximate surface area is 115 Å². The van der Waals surface area contributed by atoms with E-state index < -0.39 is 0 Å². The van der Waals surface area contributed by atoms with Gasteiger partial charge in [0.1, 0.15) is 0 Å². The topological polar surface area (TPSA) is 30.0 Å². The first-order valence-electron chi connectivity index (χ1n) is 4.58. The van der Waals surface area contributed by atoms with Crippen LogP contribution in [0.1, 0.15) is 15.9 Å². The Hall–Kier alpha value is -0.750.